The van der Waals surface area contributed by atoms with Gasteiger partial charge in [-0.25, -0.2) is 4.79 Å². The second-order valence-corrected chi connectivity index (χ2v) is 11.8. The van der Waals surface area contributed by atoms with E-state index in [9.17, 15) is 9.59 Å². The van der Waals surface area contributed by atoms with Gasteiger partial charge in [-0.3, -0.25) is 4.79 Å². The molecule has 0 saturated carbocycles. The summed E-state index contributed by atoms with van der Waals surface area (Å²) in [5.74, 6) is 1.03. The van der Waals surface area contributed by atoms with E-state index in [0.717, 1.165) is 49.5 Å². The highest BCUT2D eigenvalue weighted by atomic mass is 16.5. The van der Waals surface area contributed by atoms with Gasteiger partial charge in [-0.05, 0) is 63.1 Å². The van der Waals surface area contributed by atoms with Gasteiger partial charge in [0.2, 0.25) is 11.6 Å². The van der Waals surface area contributed by atoms with Crippen molar-refractivity contribution < 1.29 is 18.7 Å². The van der Waals surface area contributed by atoms with E-state index >= 15 is 0 Å². The standard InChI is InChI=1S/C34H47NO5/c1-26(2)21-22-34(3,4)33(37)39-24-16-11-9-7-5-6-8-10-15-23-38-30-20-19-28-25-29(27-17-13-12-14-18-27)32(36)40-31(28)35-30/h12-14,17-20,25-26H,5-11,15-16,21-24H2,1-4H3. The van der Waals surface area contributed by atoms with Gasteiger partial charge in [0, 0.05) is 11.5 Å². The number of esters is 1. The first-order valence-electron chi connectivity index (χ1n) is 15.1. The second kappa shape index (κ2) is 16.2. The molecule has 0 unspecified atom stereocenters. The molecular weight excluding hydrogens is 502 g/mol. The molecule has 40 heavy (non-hydrogen) atoms. The van der Waals surface area contributed by atoms with Crippen molar-refractivity contribution in [3.63, 3.8) is 0 Å². The number of fused-ring (bicyclic) bond motifs is 1. The lowest BCUT2D eigenvalue weighted by atomic mass is 9.85. The zero-order valence-electron chi connectivity index (χ0n) is 24.9. The molecule has 3 aromatic rings. The Morgan fingerprint density at radius 2 is 1.50 bits per heavy atom. The van der Waals surface area contributed by atoms with Gasteiger partial charge < -0.3 is 13.9 Å². The lowest BCUT2D eigenvalue weighted by molar-refractivity contribution is -0.154. The first kappa shape index (κ1) is 31.4. The van der Waals surface area contributed by atoms with E-state index in [1.165, 1.54) is 32.1 Å². The van der Waals surface area contributed by atoms with Crippen LogP contribution in [0.1, 0.15) is 98.3 Å². The van der Waals surface area contributed by atoms with Crippen LogP contribution < -0.4 is 10.4 Å². The Hall–Kier alpha value is -3.15. The van der Waals surface area contributed by atoms with Gasteiger partial charge in [-0.15, -0.1) is 0 Å². The van der Waals surface area contributed by atoms with Crippen LogP contribution in [0.4, 0.5) is 0 Å². The third kappa shape index (κ3) is 10.4. The normalized spacial score (nSPS) is 11.7. The fourth-order valence-electron chi connectivity index (χ4n) is 4.61. The topological polar surface area (TPSA) is 78.6 Å². The summed E-state index contributed by atoms with van der Waals surface area (Å²) in [7, 11) is 0. The second-order valence-electron chi connectivity index (χ2n) is 11.8. The molecule has 0 amide bonds. The van der Waals surface area contributed by atoms with Gasteiger partial charge in [-0.1, -0.05) is 89.1 Å². The molecule has 0 bridgehead atoms. The largest absolute Gasteiger partial charge is 0.478 e. The van der Waals surface area contributed by atoms with Crippen LogP contribution in [-0.2, 0) is 9.53 Å². The molecule has 6 heteroatoms. The van der Waals surface area contributed by atoms with E-state index < -0.39 is 5.63 Å². The Labute approximate surface area is 239 Å². The maximum absolute atomic E-state index is 12.4. The monoisotopic (exact) mass is 549 g/mol. The number of hydrogen-bond acceptors (Lipinski definition) is 6. The van der Waals surface area contributed by atoms with E-state index in [1.54, 1.807) is 0 Å². The molecule has 0 aliphatic carbocycles. The summed E-state index contributed by atoms with van der Waals surface area (Å²) in [4.78, 5) is 29.1. The number of nitrogens with zero attached hydrogens (tertiary/aromatic N) is 1. The minimum Gasteiger partial charge on any atom is -0.478 e. The quantitative estimate of drug-likeness (QED) is 0.117. The van der Waals surface area contributed by atoms with Gasteiger partial charge in [0.25, 0.3) is 0 Å². The number of unbranched alkanes of at least 4 members (excludes halogenated alkanes) is 8. The fourth-order valence-corrected chi connectivity index (χ4v) is 4.61. The highest BCUT2D eigenvalue weighted by Gasteiger charge is 2.29. The number of ether oxygens (including phenoxy) is 2. The van der Waals surface area contributed by atoms with Gasteiger partial charge in [0.15, 0.2) is 0 Å². The Morgan fingerprint density at radius 3 is 2.15 bits per heavy atom. The van der Waals surface area contributed by atoms with Crippen LogP contribution in [0.3, 0.4) is 0 Å². The molecule has 0 fully saturated rings. The first-order valence-corrected chi connectivity index (χ1v) is 15.1. The first-order chi connectivity index (χ1) is 19.3. The average molecular weight is 550 g/mol. The molecule has 2 aromatic heterocycles. The molecule has 218 valence electrons. The number of benzene rings is 1. The molecule has 0 N–H and O–H groups in total. The SMILES string of the molecule is CC(C)CCC(C)(C)C(=O)OCCCCCCCCCCCOc1ccc2cc(-c3ccccc3)c(=O)oc2n1. The summed E-state index contributed by atoms with van der Waals surface area (Å²) in [5.41, 5.74) is 0.870. The van der Waals surface area contributed by atoms with Crippen molar-refractivity contribution in [2.24, 2.45) is 11.3 Å². The average Bonchev–Trinajstić information content (AvgIpc) is 2.94. The molecule has 6 nitrogen and oxygen atoms in total. The summed E-state index contributed by atoms with van der Waals surface area (Å²) in [6, 6.07) is 15.0. The number of carbonyl (C=O) groups is 1. The molecule has 3 rings (SSSR count). The van der Waals surface area contributed by atoms with E-state index in [1.807, 2.05) is 62.4 Å². The number of pyridine rings is 1. The van der Waals surface area contributed by atoms with Crippen LogP contribution in [0.15, 0.2) is 57.7 Å². The van der Waals surface area contributed by atoms with Crippen LogP contribution in [0, 0.1) is 11.3 Å². The van der Waals surface area contributed by atoms with Gasteiger partial charge >= 0.3 is 11.6 Å². The van der Waals surface area contributed by atoms with Gasteiger partial charge in [-0.2, -0.15) is 4.98 Å². The maximum atomic E-state index is 12.4. The van der Waals surface area contributed by atoms with E-state index in [0.29, 0.717) is 36.3 Å². The zero-order chi connectivity index (χ0) is 28.8. The third-order valence-corrected chi connectivity index (χ3v) is 7.33. The van der Waals surface area contributed by atoms with Crippen molar-refractivity contribution in [1.82, 2.24) is 4.98 Å². The maximum Gasteiger partial charge on any atom is 0.345 e. The van der Waals surface area contributed by atoms with Gasteiger partial charge in [0.05, 0.1) is 24.2 Å². The molecule has 0 aliphatic rings. The van der Waals surface area contributed by atoms with E-state index in [4.69, 9.17) is 13.9 Å². The van der Waals surface area contributed by atoms with Crippen LogP contribution >= 0.6 is 0 Å². The lowest BCUT2D eigenvalue weighted by Crippen LogP contribution is -2.27. The van der Waals surface area contributed by atoms with Crippen molar-refractivity contribution in [2.75, 3.05) is 13.2 Å². The van der Waals surface area contributed by atoms with Crippen molar-refractivity contribution in [3.8, 4) is 17.0 Å². The molecule has 0 radical (unpaired) electrons. The van der Waals surface area contributed by atoms with Crippen molar-refractivity contribution in [1.29, 1.82) is 0 Å². The minimum absolute atomic E-state index is 0.0578. The van der Waals surface area contributed by atoms with Gasteiger partial charge in [0.1, 0.15) is 0 Å². The smallest absolute Gasteiger partial charge is 0.345 e. The number of aromatic nitrogens is 1. The van der Waals surface area contributed by atoms with Crippen LogP contribution in [0.25, 0.3) is 22.2 Å². The number of hydrogen-bond donors (Lipinski definition) is 0. The van der Waals surface area contributed by atoms with Crippen LogP contribution in [-0.4, -0.2) is 24.2 Å². The molecule has 0 aliphatic heterocycles. The predicted molar refractivity (Wildman–Crippen MR) is 162 cm³/mol. The molecule has 0 atom stereocenters. The Morgan fingerprint density at radius 1 is 0.875 bits per heavy atom. The Kier molecular flexibility index (Phi) is 12.7. The summed E-state index contributed by atoms with van der Waals surface area (Å²) < 4.78 is 16.8. The fraction of sp³-hybridized carbons (Fsp3) is 0.559. The molecule has 2 heterocycles. The highest BCUT2D eigenvalue weighted by Crippen LogP contribution is 2.27. The molecule has 1 aromatic carbocycles. The summed E-state index contributed by atoms with van der Waals surface area (Å²) in [6.07, 6.45) is 12.1. The number of rotatable bonds is 18. The van der Waals surface area contributed by atoms with Crippen molar-refractivity contribution >= 4 is 17.1 Å². The minimum atomic E-state index is -0.400. The molecular formula is C34H47NO5. The summed E-state index contributed by atoms with van der Waals surface area (Å²) in [5, 5.41) is 0.771. The predicted octanol–water partition coefficient (Wildman–Crippen LogP) is 8.75. The third-order valence-electron chi connectivity index (χ3n) is 7.33. The summed E-state index contributed by atoms with van der Waals surface area (Å²) in [6.45, 7) is 9.49. The lowest BCUT2D eigenvalue weighted by Gasteiger charge is -2.23. The van der Waals surface area contributed by atoms with Crippen LogP contribution in [0.2, 0.25) is 0 Å². The molecule has 0 spiro atoms. The van der Waals surface area contributed by atoms with Crippen molar-refractivity contribution in [3.05, 3.63) is 59.0 Å². The van der Waals surface area contributed by atoms with E-state index in [2.05, 4.69) is 18.8 Å². The zero-order valence-corrected chi connectivity index (χ0v) is 24.9. The van der Waals surface area contributed by atoms with Crippen molar-refractivity contribution in [2.45, 2.75) is 98.3 Å². The van der Waals surface area contributed by atoms with Crippen LogP contribution in [0.5, 0.6) is 5.88 Å². The Balaban J connectivity index is 1.21. The number of carbonyl (C=O) groups excluding carboxylic acids is 1. The molecule has 0 saturated heterocycles. The highest BCUT2D eigenvalue weighted by molar-refractivity contribution is 5.79. The van der Waals surface area contributed by atoms with E-state index in [-0.39, 0.29) is 11.4 Å². The summed E-state index contributed by atoms with van der Waals surface area (Å²) >= 11 is 0. The Bertz CT molecular complexity index is 1230.